The SMILES string of the molecule is NC(=S)c1ccccc1Oc1cccc2ncccc12. The van der Waals surface area contributed by atoms with Gasteiger partial charge in [-0.15, -0.1) is 0 Å². The zero-order valence-corrected chi connectivity index (χ0v) is 11.4. The quantitative estimate of drug-likeness (QED) is 0.744. The molecule has 0 aliphatic rings. The smallest absolute Gasteiger partial charge is 0.137 e. The minimum atomic E-state index is 0.318. The fraction of sp³-hybridized carbons (Fsp3) is 0. The molecule has 20 heavy (non-hydrogen) atoms. The van der Waals surface area contributed by atoms with Gasteiger partial charge in [0.25, 0.3) is 0 Å². The van der Waals surface area contributed by atoms with Crippen molar-refractivity contribution in [1.82, 2.24) is 4.98 Å². The molecule has 0 bridgehead atoms. The highest BCUT2D eigenvalue weighted by atomic mass is 32.1. The predicted molar refractivity (Wildman–Crippen MR) is 84.1 cm³/mol. The van der Waals surface area contributed by atoms with Gasteiger partial charge in [0.05, 0.1) is 11.1 Å². The van der Waals surface area contributed by atoms with Gasteiger partial charge in [-0.3, -0.25) is 4.98 Å². The maximum absolute atomic E-state index is 5.98. The molecule has 0 saturated carbocycles. The van der Waals surface area contributed by atoms with E-state index in [2.05, 4.69) is 4.98 Å². The molecule has 1 aromatic heterocycles. The van der Waals surface area contributed by atoms with E-state index >= 15 is 0 Å². The van der Waals surface area contributed by atoms with Crippen LogP contribution in [0.4, 0.5) is 0 Å². The number of pyridine rings is 1. The average Bonchev–Trinajstić information content (AvgIpc) is 2.48. The second-order valence-corrected chi connectivity index (χ2v) is 4.73. The number of nitrogens with two attached hydrogens (primary N) is 1. The van der Waals surface area contributed by atoms with E-state index in [1.54, 1.807) is 6.20 Å². The number of fused-ring (bicyclic) bond motifs is 1. The third kappa shape index (κ3) is 2.33. The first-order chi connectivity index (χ1) is 9.75. The second-order valence-electron chi connectivity index (χ2n) is 4.29. The van der Waals surface area contributed by atoms with Gasteiger partial charge in [-0.1, -0.05) is 30.4 Å². The standard InChI is InChI=1S/C16H12N2OS/c17-16(20)12-5-1-2-8-15(12)19-14-9-3-7-13-11(14)6-4-10-18-13/h1-10H,(H2,17,20). The van der Waals surface area contributed by atoms with Crippen molar-refractivity contribution in [2.45, 2.75) is 0 Å². The van der Waals surface area contributed by atoms with Crippen molar-refractivity contribution in [1.29, 1.82) is 0 Å². The van der Waals surface area contributed by atoms with Crippen LogP contribution in [0.5, 0.6) is 11.5 Å². The van der Waals surface area contributed by atoms with E-state index in [0.29, 0.717) is 10.7 Å². The first-order valence-corrected chi connectivity index (χ1v) is 6.57. The number of nitrogens with zero attached hydrogens (tertiary/aromatic N) is 1. The molecule has 3 nitrogen and oxygen atoms in total. The van der Waals surface area contributed by atoms with E-state index in [-0.39, 0.29) is 0 Å². The molecule has 1 heterocycles. The number of aromatic nitrogens is 1. The summed E-state index contributed by atoms with van der Waals surface area (Å²) < 4.78 is 5.98. The van der Waals surface area contributed by atoms with Gasteiger partial charge in [-0.05, 0) is 36.4 Å². The maximum atomic E-state index is 5.98. The number of benzene rings is 2. The molecule has 0 atom stereocenters. The monoisotopic (exact) mass is 280 g/mol. The summed E-state index contributed by atoms with van der Waals surface area (Å²) in [5.74, 6) is 1.38. The fourth-order valence-electron chi connectivity index (χ4n) is 2.04. The van der Waals surface area contributed by atoms with Gasteiger partial charge in [0.2, 0.25) is 0 Å². The minimum absolute atomic E-state index is 0.318. The Morgan fingerprint density at radius 2 is 1.75 bits per heavy atom. The molecule has 4 heteroatoms. The molecule has 0 saturated heterocycles. The normalized spacial score (nSPS) is 10.4. The van der Waals surface area contributed by atoms with Gasteiger partial charge in [0, 0.05) is 11.6 Å². The van der Waals surface area contributed by atoms with Crippen molar-refractivity contribution in [2.75, 3.05) is 0 Å². The van der Waals surface area contributed by atoms with E-state index in [9.17, 15) is 0 Å². The van der Waals surface area contributed by atoms with E-state index in [1.165, 1.54) is 0 Å². The molecule has 0 unspecified atom stereocenters. The Kier molecular flexibility index (Phi) is 3.31. The molecule has 2 N–H and O–H groups in total. The van der Waals surface area contributed by atoms with Gasteiger partial charge < -0.3 is 10.5 Å². The zero-order chi connectivity index (χ0) is 13.9. The molecule has 2 aromatic carbocycles. The van der Waals surface area contributed by atoms with Gasteiger partial charge in [0.15, 0.2) is 0 Å². The Morgan fingerprint density at radius 1 is 0.950 bits per heavy atom. The molecule has 0 radical (unpaired) electrons. The summed E-state index contributed by atoms with van der Waals surface area (Å²) in [5.41, 5.74) is 7.33. The van der Waals surface area contributed by atoms with Crippen LogP contribution in [0.15, 0.2) is 60.8 Å². The largest absolute Gasteiger partial charge is 0.456 e. The first kappa shape index (κ1) is 12.6. The van der Waals surface area contributed by atoms with Crippen LogP contribution in [0, 0.1) is 0 Å². The average molecular weight is 280 g/mol. The Balaban J connectivity index is 2.08. The van der Waals surface area contributed by atoms with Crippen LogP contribution >= 0.6 is 12.2 Å². The number of hydrogen-bond acceptors (Lipinski definition) is 3. The molecular formula is C16H12N2OS. The summed E-state index contributed by atoms with van der Waals surface area (Å²) in [7, 11) is 0. The van der Waals surface area contributed by atoms with Crippen molar-refractivity contribution in [2.24, 2.45) is 5.73 Å². The lowest BCUT2D eigenvalue weighted by molar-refractivity contribution is 0.487. The number of hydrogen-bond donors (Lipinski definition) is 1. The lowest BCUT2D eigenvalue weighted by Crippen LogP contribution is -2.10. The van der Waals surface area contributed by atoms with Crippen molar-refractivity contribution < 1.29 is 4.74 Å². The van der Waals surface area contributed by atoms with Crippen molar-refractivity contribution >= 4 is 28.1 Å². The number of para-hydroxylation sites is 1. The van der Waals surface area contributed by atoms with Crippen LogP contribution in [0.25, 0.3) is 10.9 Å². The van der Waals surface area contributed by atoms with Crippen LogP contribution in [-0.2, 0) is 0 Å². The fourth-order valence-corrected chi connectivity index (χ4v) is 2.21. The maximum Gasteiger partial charge on any atom is 0.137 e. The van der Waals surface area contributed by atoms with Gasteiger partial charge in [0.1, 0.15) is 16.5 Å². The lowest BCUT2D eigenvalue weighted by atomic mass is 10.2. The Morgan fingerprint density at radius 3 is 2.60 bits per heavy atom. The van der Waals surface area contributed by atoms with Crippen molar-refractivity contribution in [3.8, 4) is 11.5 Å². The molecule has 0 spiro atoms. The summed E-state index contributed by atoms with van der Waals surface area (Å²) in [6, 6.07) is 17.1. The highest BCUT2D eigenvalue weighted by Crippen LogP contribution is 2.30. The number of rotatable bonds is 3. The highest BCUT2D eigenvalue weighted by molar-refractivity contribution is 7.80. The topological polar surface area (TPSA) is 48.1 Å². The summed E-state index contributed by atoms with van der Waals surface area (Å²) in [6.07, 6.45) is 1.76. The summed E-state index contributed by atoms with van der Waals surface area (Å²) in [5, 5.41) is 0.952. The predicted octanol–water partition coefficient (Wildman–Crippen LogP) is 3.66. The van der Waals surface area contributed by atoms with Crippen molar-refractivity contribution in [3.63, 3.8) is 0 Å². The molecule has 0 amide bonds. The third-order valence-electron chi connectivity index (χ3n) is 2.98. The molecular weight excluding hydrogens is 268 g/mol. The highest BCUT2D eigenvalue weighted by Gasteiger charge is 2.08. The van der Waals surface area contributed by atoms with Crippen molar-refractivity contribution in [3.05, 3.63) is 66.4 Å². The van der Waals surface area contributed by atoms with Crippen LogP contribution in [-0.4, -0.2) is 9.97 Å². The molecule has 0 aliphatic heterocycles. The van der Waals surface area contributed by atoms with Gasteiger partial charge in [-0.25, -0.2) is 0 Å². The lowest BCUT2D eigenvalue weighted by Gasteiger charge is -2.11. The second kappa shape index (κ2) is 5.27. The zero-order valence-electron chi connectivity index (χ0n) is 10.6. The van der Waals surface area contributed by atoms with E-state index < -0.39 is 0 Å². The molecule has 0 aliphatic carbocycles. The molecule has 98 valence electrons. The van der Waals surface area contributed by atoms with Crippen LogP contribution in [0.2, 0.25) is 0 Å². The van der Waals surface area contributed by atoms with Gasteiger partial charge in [-0.2, -0.15) is 0 Å². The van der Waals surface area contributed by atoms with E-state index in [1.807, 2.05) is 54.6 Å². The summed E-state index contributed by atoms with van der Waals surface area (Å²) in [6.45, 7) is 0. The van der Waals surface area contributed by atoms with Crippen LogP contribution < -0.4 is 10.5 Å². The van der Waals surface area contributed by atoms with E-state index in [4.69, 9.17) is 22.7 Å². The number of thiocarbonyl (C=S) groups is 1. The Bertz CT molecular complexity index is 781. The molecule has 0 fully saturated rings. The molecule has 3 rings (SSSR count). The summed E-state index contributed by atoms with van der Waals surface area (Å²) in [4.78, 5) is 4.63. The van der Waals surface area contributed by atoms with Crippen LogP contribution in [0.3, 0.4) is 0 Å². The minimum Gasteiger partial charge on any atom is -0.456 e. The summed E-state index contributed by atoms with van der Waals surface area (Å²) >= 11 is 5.05. The first-order valence-electron chi connectivity index (χ1n) is 6.16. The Hall–Kier alpha value is -2.46. The number of ether oxygens (including phenoxy) is 1. The van der Waals surface area contributed by atoms with E-state index in [0.717, 1.165) is 22.2 Å². The third-order valence-corrected chi connectivity index (χ3v) is 3.20. The van der Waals surface area contributed by atoms with Crippen LogP contribution in [0.1, 0.15) is 5.56 Å². The molecule has 3 aromatic rings. The van der Waals surface area contributed by atoms with Gasteiger partial charge >= 0.3 is 0 Å². The Labute approximate surface area is 122 Å².